The summed E-state index contributed by atoms with van der Waals surface area (Å²) in [5.41, 5.74) is 0.479. The number of amides is 1. The molecule has 162 valence electrons. The zero-order chi connectivity index (χ0) is 22.4. The van der Waals surface area contributed by atoms with Crippen LogP contribution in [-0.4, -0.2) is 27.2 Å². The molecule has 0 atom stereocenters. The third-order valence-corrected chi connectivity index (χ3v) is 4.25. The van der Waals surface area contributed by atoms with E-state index >= 15 is 0 Å². The lowest BCUT2D eigenvalue weighted by atomic mass is 10.2. The van der Waals surface area contributed by atoms with Crippen LogP contribution in [0.2, 0.25) is 0 Å². The molecule has 1 aromatic heterocycles. The zero-order valence-corrected chi connectivity index (χ0v) is 17.1. The molecule has 1 amide bonds. The van der Waals surface area contributed by atoms with Crippen LogP contribution in [0.4, 0.5) is 10.1 Å². The molecule has 0 radical (unpaired) electrons. The first kappa shape index (κ1) is 21.7. The SMILES string of the molecule is COc1cc(NC(=O)c2cc(=O)c(OCc3ccc(F)cc3)co2)cc(OC)c1OC. The first-order valence-corrected chi connectivity index (χ1v) is 9.06. The summed E-state index contributed by atoms with van der Waals surface area (Å²) in [5, 5.41) is 2.61. The Morgan fingerprint density at radius 3 is 2.16 bits per heavy atom. The van der Waals surface area contributed by atoms with E-state index < -0.39 is 11.3 Å². The molecule has 1 N–H and O–H groups in total. The predicted molar refractivity (Wildman–Crippen MR) is 110 cm³/mol. The van der Waals surface area contributed by atoms with Gasteiger partial charge in [-0.3, -0.25) is 9.59 Å². The lowest BCUT2D eigenvalue weighted by Crippen LogP contribution is -2.16. The van der Waals surface area contributed by atoms with Crippen molar-refractivity contribution < 1.29 is 32.5 Å². The van der Waals surface area contributed by atoms with Gasteiger partial charge in [-0.1, -0.05) is 12.1 Å². The normalized spacial score (nSPS) is 10.3. The van der Waals surface area contributed by atoms with E-state index in [2.05, 4.69) is 5.32 Å². The highest BCUT2D eigenvalue weighted by molar-refractivity contribution is 6.02. The molecule has 0 bridgehead atoms. The second kappa shape index (κ2) is 9.66. The molecule has 2 aromatic carbocycles. The molecule has 3 aromatic rings. The van der Waals surface area contributed by atoms with Gasteiger partial charge < -0.3 is 28.7 Å². The quantitative estimate of drug-likeness (QED) is 0.584. The minimum atomic E-state index is -0.656. The predicted octanol–water partition coefficient (Wildman–Crippen LogP) is 3.64. The lowest BCUT2D eigenvalue weighted by molar-refractivity contribution is 0.0993. The van der Waals surface area contributed by atoms with Crippen LogP contribution in [0.5, 0.6) is 23.0 Å². The van der Waals surface area contributed by atoms with Gasteiger partial charge in [0.05, 0.1) is 21.3 Å². The standard InChI is InChI=1S/C22H20FNO7/c1-27-17-8-15(9-18(28-2)21(17)29-3)24-22(26)19-10-16(25)20(12-31-19)30-11-13-4-6-14(23)7-5-13/h4-10,12H,11H2,1-3H3,(H,24,26). The molecule has 0 saturated heterocycles. The minimum absolute atomic E-state index is 0.0437. The van der Waals surface area contributed by atoms with Gasteiger partial charge in [0.15, 0.2) is 17.3 Å². The molecule has 0 unspecified atom stereocenters. The summed E-state index contributed by atoms with van der Waals surface area (Å²) in [4.78, 5) is 24.8. The molecule has 0 aliphatic rings. The van der Waals surface area contributed by atoms with Crippen LogP contribution >= 0.6 is 0 Å². The summed E-state index contributed by atoms with van der Waals surface area (Å²) in [6.45, 7) is 0.0437. The van der Waals surface area contributed by atoms with Crippen molar-refractivity contribution in [1.29, 1.82) is 0 Å². The Hall–Kier alpha value is -4.01. The van der Waals surface area contributed by atoms with Gasteiger partial charge in [0.1, 0.15) is 18.7 Å². The van der Waals surface area contributed by atoms with Gasteiger partial charge in [0, 0.05) is 23.9 Å². The van der Waals surface area contributed by atoms with Crippen molar-refractivity contribution in [2.75, 3.05) is 26.6 Å². The van der Waals surface area contributed by atoms with Gasteiger partial charge in [-0.15, -0.1) is 0 Å². The van der Waals surface area contributed by atoms with E-state index in [9.17, 15) is 14.0 Å². The molecule has 0 aliphatic heterocycles. The topological polar surface area (TPSA) is 96.2 Å². The number of halogens is 1. The van der Waals surface area contributed by atoms with Crippen molar-refractivity contribution in [3.63, 3.8) is 0 Å². The summed E-state index contributed by atoms with van der Waals surface area (Å²) in [7, 11) is 4.37. The monoisotopic (exact) mass is 429 g/mol. The molecule has 0 spiro atoms. The number of carbonyl (C=O) groups is 1. The Labute approximate surface area is 177 Å². The molecule has 0 fully saturated rings. The number of rotatable bonds is 8. The maximum Gasteiger partial charge on any atom is 0.291 e. The van der Waals surface area contributed by atoms with Gasteiger partial charge in [-0.05, 0) is 17.7 Å². The van der Waals surface area contributed by atoms with Crippen molar-refractivity contribution in [3.8, 4) is 23.0 Å². The second-order valence-electron chi connectivity index (χ2n) is 6.26. The number of hydrogen-bond acceptors (Lipinski definition) is 7. The van der Waals surface area contributed by atoms with E-state index in [-0.39, 0.29) is 23.9 Å². The summed E-state index contributed by atoms with van der Waals surface area (Å²) >= 11 is 0. The Morgan fingerprint density at radius 1 is 0.968 bits per heavy atom. The van der Waals surface area contributed by atoms with Gasteiger partial charge >= 0.3 is 0 Å². The fraction of sp³-hybridized carbons (Fsp3) is 0.182. The lowest BCUT2D eigenvalue weighted by Gasteiger charge is -2.14. The first-order valence-electron chi connectivity index (χ1n) is 9.06. The van der Waals surface area contributed by atoms with Crippen LogP contribution in [0, 0.1) is 5.82 Å². The summed E-state index contributed by atoms with van der Waals surface area (Å²) in [6.07, 6.45) is 1.05. The van der Waals surface area contributed by atoms with E-state index in [4.69, 9.17) is 23.4 Å². The number of ether oxygens (including phenoxy) is 4. The van der Waals surface area contributed by atoms with Crippen molar-refractivity contribution in [2.24, 2.45) is 0 Å². The van der Waals surface area contributed by atoms with Crippen molar-refractivity contribution in [3.05, 3.63) is 76.1 Å². The Morgan fingerprint density at radius 2 is 1.61 bits per heavy atom. The van der Waals surface area contributed by atoms with Crippen LogP contribution < -0.4 is 29.7 Å². The minimum Gasteiger partial charge on any atom is -0.493 e. The van der Waals surface area contributed by atoms with E-state index in [1.54, 1.807) is 0 Å². The van der Waals surface area contributed by atoms with E-state index in [0.717, 1.165) is 12.3 Å². The van der Waals surface area contributed by atoms with Crippen LogP contribution in [0.15, 0.2) is 57.9 Å². The highest BCUT2D eigenvalue weighted by atomic mass is 19.1. The highest BCUT2D eigenvalue weighted by Crippen LogP contribution is 2.40. The smallest absolute Gasteiger partial charge is 0.291 e. The fourth-order valence-corrected chi connectivity index (χ4v) is 2.71. The first-order chi connectivity index (χ1) is 14.9. The number of benzene rings is 2. The maximum absolute atomic E-state index is 12.9. The summed E-state index contributed by atoms with van der Waals surface area (Å²) < 4.78 is 39.3. The Balaban J connectivity index is 1.73. The molecule has 9 heteroatoms. The number of hydrogen-bond donors (Lipinski definition) is 1. The molecule has 1 heterocycles. The van der Waals surface area contributed by atoms with E-state index in [1.165, 1.54) is 57.7 Å². The molecular formula is C22H20FNO7. The van der Waals surface area contributed by atoms with E-state index in [1.807, 2.05) is 0 Å². The van der Waals surface area contributed by atoms with Gasteiger partial charge in [-0.2, -0.15) is 0 Å². The fourth-order valence-electron chi connectivity index (χ4n) is 2.71. The average Bonchev–Trinajstić information content (AvgIpc) is 2.78. The summed E-state index contributed by atoms with van der Waals surface area (Å²) in [5.74, 6) is -0.243. The third-order valence-electron chi connectivity index (χ3n) is 4.25. The summed E-state index contributed by atoms with van der Waals surface area (Å²) in [6, 6.07) is 9.75. The molecule has 3 rings (SSSR count). The van der Waals surface area contributed by atoms with Crippen molar-refractivity contribution >= 4 is 11.6 Å². The van der Waals surface area contributed by atoms with Gasteiger partial charge in [0.2, 0.25) is 16.9 Å². The second-order valence-corrected chi connectivity index (χ2v) is 6.26. The third kappa shape index (κ3) is 5.13. The molecule has 0 aliphatic carbocycles. The highest BCUT2D eigenvalue weighted by Gasteiger charge is 2.17. The van der Waals surface area contributed by atoms with Crippen LogP contribution in [-0.2, 0) is 6.61 Å². The van der Waals surface area contributed by atoms with Crippen molar-refractivity contribution in [2.45, 2.75) is 6.61 Å². The maximum atomic E-state index is 12.9. The van der Waals surface area contributed by atoms with Crippen LogP contribution in [0.3, 0.4) is 0 Å². The van der Waals surface area contributed by atoms with Gasteiger partial charge in [0.25, 0.3) is 5.91 Å². The number of carbonyl (C=O) groups excluding carboxylic acids is 1. The van der Waals surface area contributed by atoms with Crippen molar-refractivity contribution in [1.82, 2.24) is 0 Å². The molecular weight excluding hydrogens is 409 g/mol. The molecule has 31 heavy (non-hydrogen) atoms. The number of nitrogens with one attached hydrogen (secondary N) is 1. The molecule has 0 saturated carbocycles. The van der Waals surface area contributed by atoms with E-state index in [0.29, 0.717) is 28.5 Å². The Bertz CT molecular complexity index is 1100. The van der Waals surface area contributed by atoms with Gasteiger partial charge in [-0.25, -0.2) is 4.39 Å². The molecule has 8 nitrogen and oxygen atoms in total. The largest absolute Gasteiger partial charge is 0.493 e. The average molecular weight is 429 g/mol. The van der Waals surface area contributed by atoms with Crippen LogP contribution in [0.1, 0.15) is 16.1 Å². The Kier molecular flexibility index (Phi) is 6.76. The van der Waals surface area contributed by atoms with Crippen LogP contribution in [0.25, 0.3) is 0 Å². The number of anilines is 1. The zero-order valence-electron chi connectivity index (χ0n) is 17.1. The number of methoxy groups -OCH3 is 3.